The van der Waals surface area contributed by atoms with Gasteiger partial charge in [0.2, 0.25) is 11.8 Å². The van der Waals surface area contributed by atoms with Gasteiger partial charge in [0.25, 0.3) is 0 Å². The van der Waals surface area contributed by atoms with E-state index in [-0.39, 0.29) is 23.8 Å². The Morgan fingerprint density at radius 3 is 2.35 bits per heavy atom. The number of rotatable bonds is 6. The molecule has 5 rings (SSSR count). The molecule has 5 heteroatoms. The second-order valence-corrected chi connectivity index (χ2v) is 8.65. The van der Waals surface area contributed by atoms with Gasteiger partial charge in [-0.15, -0.1) is 0 Å². The summed E-state index contributed by atoms with van der Waals surface area (Å²) in [6.07, 6.45) is 8.35. The summed E-state index contributed by atoms with van der Waals surface area (Å²) >= 11 is 0. The zero-order valence-electron chi connectivity index (χ0n) is 15.4. The standard InChI is InChI=1S/C21H28N2O3/c1-26-18-4-2-3-17(8-18)23-20(25)13-22-19(24)12-21-9-14-5-15(10-21)7-16(6-14)11-21/h2-4,8,14-16H,5-7,9-13H2,1H3,(H,22,24)(H,23,25). The summed E-state index contributed by atoms with van der Waals surface area (Å²) in [5.41, 5.74) is 0.881. The van der Waals surface area contributed by atoms with Crippen molar-refractivity contribution in [2.45, 2.75) is 44.9 Å². The highest BCUT2D eigenvalue weighted by molar-refractivity contribution is 5.94. The van der Waals surface area contributed by atoms with Crippen LogP contribution in [0.15, 0.2) is 24.3 Å². The SMILES string of the molecule is COc1cccc(NC(=O)CNC(=O)CC23CC4CC(CC(C4)C2)C3)c1. The fourth-order valence-electron chi connectivity index (χ4n) is 5.99. The first kappa shape index (κ1) is 17.4. The monoisotopic (exact) mass is 356 g/mol. The van der Waals surface area contributed by atoms with Crippen LogP contribution < -0.4 is 15.4 Å². The number of anilines is 1. The topological polar surface area (TPSA) is 67.4 Å². The van der Waals surface area contributed by atoms with Gasteiger partial charge >= 0.3 is 0 Å². The van der Waals surface area contributed by atoms with Crippen molar-refractivity contribution >= 4 is 17.5 Å². The molecule has 4 saturated carbocycles. The van der Waals surface area contributed by atoms with Gasteiger partial charge in [-0.3, -0.25) is 9.59 Å². The zero-order valence-corrected chi connectivity index (χ0v) is 15.4. The summed E-state index contributed by atoms with van der Waals surface area (Å²) in [4.78, 5) is 24.6. The van der Waals surface area contributed by atoms with Crippen LogP contribution in [0, 0.1) is 23.2 Å². The lowest BCUT2D eigenvalue weighted by Gasteiger charge is -2.56. The van der Waals surface area contributed by atoms with Crippen LogP contribution in [0.2, 0.25) is 0 Å². The van der Waals surface area contributed by atoms with Crippen LogP contribution in [0.4, 0.5) is 5.69 Å². The number of carbonyl (C=O) groups is 2. The fourth-order valence-corrected chi connectivity index (χ4v) is 5.99. The highest BCUT2D eigenvalue weighted by Gasteiger charge is 2.51. The molecule has 5 nitrogen and oxygen atoms in total. The Kier molecular flexibility index (Phi) is 4.63. The van der Waals surface area contributed by atoms with E-state index in [0.29, 0.717) is 17.9 Å². The van der Waals surface area contributed by atoms with Crippen molar-refractivity contribution in [1.29, 1.82) is 0 Å². The number of ether oxygens (including phenoxy) is 1. The Bertz CT molecular complexity index is 665. The lowest BCUT2D eigenvalue weighted by Crippen LogP contribution is -2.48. The third-order valence-electron chi connectivity index (χ3n) is 6.50. The first-order chi connectivity index (χ1) is 12.5. The molecule has 0 atom stereocenters. The Morgan fingerprint density at radius 1 is 1.08 bits per heavy atom. The molecule has 4 fully saturated rings. The Hall–Kier alpha value is -2.04. The van der Waals surface area contributed by atoms with Crippen molar-refractivity contribution in [3.8, 4) is 5.75 Å². The minimum Gasteiger partial charge on any atom is -0.497 e. The Morgan fingerprint density at radius 2 is 1.73 bits per heavy atom. The third kappa shape index (κ3) is 3.71. The van der Waals surface area contributed by atoms with Crippen LogP contribution in [0.25, 0.3) is 0 Å². The predicted octanol–water partition coefficient (Wildman–Crippen LogP) is 3.36. The van der Waals surface area contributed by atoms with Gasteiger partial charge in [0.15, 0.2) is 0 Å². The van der Waals surface area contributed by atoms with Crippen LogP contribution in [-0.4, -0.2) is 25.5 Å². The highest BCUT2D eigenvalue weighted by atomic mass is 16.5. The molecule has 1 aromatic carbocycles. The number of nitrogens with one attached hydrogen (secondary N) is 2. The molecule has 4 aliphatic rings. The van der Waals surface area contributed by atoms with Crippen molar-refractivity contribution in [2.24, 2.45) is 23.2 Å². The first-order valence-corrected chi connectivity index (χ1v) is 9.74. The molecular formula is C21H28N2O3. The van der Waals surface area contributed by atoms with Crippen LogP contribution in [0.1, 0.15) is 44.9 Å². The number of carbonyl (C=O) groups excluding carboxylic acids is 2. The van der Waals surface area contributed by atoms with Crippen molar-refractivity contribution in [3.05, 3.63) is 24.3 Å². The lowest BCUT2D eigenvalue weighted by molar-refractivity contribution is -0.131. The first-order valence-electron chi connectivity index (χ1n) is 9.74. The zero-order chi connectivity index (χ0) is 18.1. The molecule has 0 spiro atoms. The van der Waals surface area contributed by atoms with Gasteiger partial charge in [-0.05, 0) is 73.8 Å². The van der Waals surface area contributed by atoms with Crippen molar-refractivity contribution in [3.63, 3.8) is 0 Å². The maximum Gasteiger partial charge on any atom is 0.243 e. The van der Waals surface area contributed by atoms with Crippen molar-refractivity contribution in [1.82, 2.24) is 5.32 Å². The van der Waals surface area contributed by atoms with E-state index >= 15 is 0 Å². The summed E-state index contributed by atoms with van der Waals surface area (Å²) in [6.45, 7) is 0.0163. The Balaban J connectivity index is 1.27. The van der Waals surface area contributed by atoms with Gasteiger partial charge in [0.1, 0.15) is 5.75 Å². The maximum atomic E-state index is 12.5. The van der Waals surface area contributed by atoms with E-state index in [1.54, 1.807) is 19.2 Å². The van der Waals surface area contributed by atoms with Gasteiger partial charge in [0.05, 0.1) is 13.7 Å². The van der Waals surface area contributed by atoms with E-state index in [9.17, 15) is 9.59 Å². The van der Waals surface area contributed by atoms with Crippen molar-refractivity contribution in [2.75, 3.05) is 19.0 Å². The van der Waals surface area contributed by atoms with Gasteiger partial charge in [-0.25, -0.2) is 0 Å². The molecule has 26 heavy (non-hydrogen) atoms. The molecule has 4 bridgehead atoms. The molecule has 0 radical (unpaired) electrons. The van der Waals surface area contributed by atoms with Gasteiger partial charge in [0, 0.05) is 18.2 Å². The predicted molar refractivity (Wildman–Crippen MR) is 99.9 cm³/mol. The maximum absolute atomic E-state index is 12.5. The summed E-state index contributed by atoms with van der Waals surface area (Å²) in [6, 6.07) is 7.20. The number of benzene rings is 1. The van der Waals surface area contributed by atoms with Crippen LogP contribution in [-0.2, 0) is 9.59 Å². The normalized spacial score (nSPS) is 31.5. The molecule has 4 aliphatic carbocycles. The van der Waals surface area contributed by atoms with Crippen LogP contribution >= 0.6 is 0 Å². The van der Waals surface area contributed by atoms with E-state index in [1.807, 2.05) is 12.1 Å². The molecule has 0 heterocycles. The number of amides is 2. The number of hydrogen-bond donors (Lipinski definition) is 2. The smallest absolute Gasteiger partial charge is 0.243 e. The van der Waals surface area contributed by atoms with Gasteiger partial charge < -0.3 is 15.4 Å². The lowest BCUT2D eigenvalue weighted by atomic mass is 9.49. The molecular weight excluding hydrogens is 328 g/mol. The van der Waals surface area contributed by atoms with E-state index < -0.39 is 0 Å². The third-order valence-corrected chi connectivity index (χ3v) is 6.50. The number of hydrogen-bond acceptors (Lipinski definition) is 3. The molecule has 0 saturated heterocycles. The van der Waals surface area contributed by atoms with Gasteiger partial charge in [-0.1, -0.05) is 6.07 Å². The molecule has 0 aliphatic heterocycles. The highest BCUT2D eigenvalue weighted by Crippen LogP contribution is 2.61. The molecule has 140 valence electrons. The molecule has 1 aromatic rings. The summed E-state index contributed by atoms with van der Waals surface area (Å²) < 4.78 is 5.15. The second kappa shape index (κ2) is 6.93. The largest absolute Gasteiger partial charge is 0.497 e. The van der Waals surface area contributed by atoms with E-state index in [1.165, 1.54) is 38.5 Å². The summed E-state index contributed by atoms with van der Waals surface area (Å²) in [5.74, 6) is 3.01. The van der Waals surface area contributed by atoms with Crippen LogP contribution in [0.3, 0.4) is 0 Å². The fraction of sp³-hybridized carbons (Fsp3) is 0.619. The van der Waals surface area contributed by atoms with Crippen LogP contribution in [0.5, 0.6) is 5.75 Å². The minimum atomic E-state index is -0.211. The number of methoxy groups -OCH3 is 1. The molecule has 0 aromatic heterocycles. The summed E-state index contributed by atoms with van der Waals surface area (Å²) in [5, 5.41) is 5.62. The second-order valence-electron chi connectivity index (χ2n) is 8.65. The van der Waals surface area contributed by atoms with Gasteiger partial charge in [-0.2, -0.15) is 0 Å². The van der Waals surface area contributed by atoms with Crippen molar-refractivity contribution < 1.29 is 14.3 Å². The molecule has 2 amide bonds. The Labute approximate surface area is 154 Å². The summed E-state index contributed by atoms with van der Waals surface area (Å²) in [7, 11) is 1.59. The average Bonchev–Trinajstić information content (AvgIpc) is 2.58. The van der Waals surface area contributed by atoms with E-state index in [4.69, 9.17) is 4.74 Å². The average molecular weight is 356 g/mol. The molecule has 0 unspecified atom stereocenters. The minimum absolute atomic E-state index is 0.0163. The molecule has 2 N–H and O–H groups in total. The quantitative estimate of drug-likeness (QED) is 0.821. The van der Waals surface area contributed by atoms with E-state index in [2.05, 4.69) is 10.6 Å². The van der Waals surface area contributed by atoms with E-state index in [0.717, 1.165) is 17.8 Å².